The Labute approximate surface area is 135 Å². The van der Waals surface area contributed by atoms with Gasteiger partial charge in [-0.1, -0.05) is 0 Å². The third kappa shape index (κ3) is 4.04. The van der Waals surface area contributed by atoms with Crippen LogP contribution in [0.1, 0.15) is 19.4 Å². The van der Waals surface area contributed by atoms with Gasteiger partial charge in [-0.15, -0.1) is 0 Å². The summed E-state index contributed by atoms with van der Waals surface area (Å²) in [5, 5.41) is 4.11. The summed E-state index contributed by atoms with van der Waals surface area (Å²) in [4.78, 5) is 17.4. The van der Waals surface area contributed by atoms with Crippen LogP contribution in [0.5, 0.6) is 0 Å². The van der Waals surface area contributed by atoms with E-state index in [2.05, 4.69) is 10.1 Å². The Morgan fingerprint density at radius 3 is 2.61 bits per heavy atom. The maximum atomic E-state index is 12.9. The lowest BCUT2D eigenvalue weighted by Crippen LogP contribution is -2.34. The molecule has 0 unspecified atom stereocenters. The van der Waals surface area contributed by atoms with Gasteiger partial charge in [0.25, 0.3) is 0 Å². The Balaban J connectivity index is 2.22. The Morgan fingerprint density at radius 1 is 1.30 bits per heavy atom. The molecule has 2 aromatic heterocycles. The molecule has 0 saturated heterocycles. The Bertz CT molecular complexity index is 683. The van der Waals surface area contributed by atoms with Crippen molar-refractivity contribution >= 4 is 17.8 Å². The van der Waals surface area contributed by atoms with Crippen LogP contribution >= 0.6 is 11.8 Å². The molecule has 0 spiro atoms. The van der Waals surface area contributed by atoms with Crippen LogP contribution in [0.2, 0.25) is 0 Å². The maximum absolute atomic E-state index is 12.9. The van der Waals surface area contributed by atoms with Crippen LogP contribution < -0.4 is 0 Å². The Kier molecular flexibility index (Phi) is 5.30. The fraction of sp³-hybridized carbons (Fsp3) is 0.357. The summed E-state index contributed by atoms with van der Waals surface area (Å²) in [6.07, 6.45) is -1.77. The summed E-state index contributed by atoms with van der Waals surface area (Å²) in [5.74, 6) is 0. The van der Waals surface area contributed by atoms with Gasteiger partial charge in [-0.25, -0.2) is 9.78 Å². The highest BCUT2D eigenvalue weighted by atomic mass is 32.2. The van der Waals surface area contributed by atoms with Crippen molar-refractivity contribution in [1.29, 1.82) is 0 Å². The van der Waals surface area contributed by atoms with Gasteiger partial charge in [-0.05, 0) is 43.8 Å². The average Bonchev–Trinajstić information content (AvgIpc) is 2.96. The summed E-state index contributed by atoms with van der Waals surface area (Å²) in [6.45, 7) is 4.72. The van der Waals surface area contributed by atoms with E-state index in [0.29, 0.717) is 13.1 Å². The molecule has 0 bridgehead atoms. The SMILES string of the molecule is CCN(CC)C(=O)n1ccc(Sc2ncccc2C(F)(F)F)n1. The van der Waals surface area contributed by atoms with Gasteiger partial charge in [-0.2, -0.15) is 23.0 Å². The van der Waals surface area contributed by atoms with Crippen LogP contribution in [-0.4, -0.2) is 38.8 Å². The molecule has 124 valence electrons. The predicted molar refractivity (Wildman–Crippen MR) is 79.3 cm³/mol. The monoisotopic (exact) mass is 344 g/mol. The van der Waals surface area contributed by atoms with E-state index in [-0.39, 0.29) is 16.1 Å². The van der Waals surface area contributed by atoms with Crippen LogP contribution in [0.3, 0.4) is 0 Å². The average molecular weight is 344 g/mol. The molecule has 0 radical (unpaired) electrons. The number of rotatable bonds is 4. The first-order chi connectivity index (χ1) is 10.9. The summed E-state index contributed by atoms with van der Waals surface area (Å²) in [7, 11) is 0. The molecule has 5 nitrogen and oxygen atoms in total. The van der Waals surface area contributed by atoms with E-state index in [0.717, 1.165) is 22.5 Å². The number of carbonyl (C=O) groups is 1. The number of hydrogen-bond acceptors (Lipinski definition) is 4. The topological polar surface area (TPSA) is 51.0 Å². The number of nitrogens with zero attached hydrogens (tertiary/aromatic N) is 4. The standard InChI is InChI=1S/C14H15F3N4OS/c1-3-20(4-2)13(22)21-9-7-11(19-21)23-12-10(14(15,16)17)6-5-8-18-12/h5-9H,3-4H2,1-2H3. The first kappa shape index (κ1) is 17.3. The van der Waals surface area contributed by atoms with Gasteiger partial charge in [0.1, 0.15) is 10.1 Å². The second-order valence-electron chi connectivity index (χ2n) is 4.51. The summed E-state index contributed by atoms with van der Waals surface area (Å²) >= 11 is 0.772. The molecule has 0 aliphatic rings. The third-order valence-electron chi connectivity index (χ3n) is 3.07. The molecule has 0 fully saturated rings. The molecule has 0 N–H and O–H groups in total. The number of amides is 1. The highest BCUT2D eigenvalue weighted by Crippen LogP contribution is 2.37. The van der Waals surface area contributed by atoms with Gasteiger partial charge in [0.05, 0.1) is 5.56 Å². The molecule has 1 amide bonds. The van der Waals surface area contributed by atoms with Crippen LogP contribution in [0, 0.1) is 0 Å². The smallest absolute Gasteiger partial charge is 0.323 e. The van der Waals surface area contributed by atoms with E-state index >= 15 is 0 Å². The normalized spacial score (nSPS) is 11.5. The first-order valence-electron chi connectivity index (χ1n) is 6.91. The zero-order valence-electron chi connectivity index (χ0n) is 12.5. The van der Waals surface area contributed by atoms with E-state index in [1.807, 2.05) is 13.8 Å². The zero-order chi connectivity index (χ0) is 17.0. The van der Waals surface area contributed by atoms with Crippen LogP contribution in [-0.2, 0) is 6.18 Å². The molecular formula is C14H15F3N4OS. The molecule has 0 atom stereocenters. The number of alkyl halides is 3. The second kappa shape index (κ2) is 7.03. The lowest BCUT2D eigenvalue weighted by atomic mass is 10.3. The molecule has 0 saturated carbocycles. The predicted octanol–water partition coefficient (Wildman–Crippen LogP) is 3.76. The number of halogens is 3. The molecule has 2 rings (SSSR count). The van der Waals surface area contributed by atoms with Crippen LogP contribution in [0.4, 0.5) is 18.0 Å². The number of aromatic nitrogens is 3. The molecular weight excluding hydrogens is 329 g/mol. The molecule has 23 heavy (non-hydrogen) atoms. The van der Waals surface area contributed by atoms with Crippen molar-refractivity contribution in [2.45, 2.75) is 30.1 Å². The lowest BCUT2D eigenvalue weighted by molar-refractivity contribution is -0.140. The van der Waals surface area contributed by atoms with Gasteiger partial charge in [-0.3, -0.25) is 0 Å². The zero-order valence-corrected chi connectivity index (χ0v) is 13.4. The molecule has 0 aliphatic carbocycles. The van der Waals surface area contributed by atoms with Crippen molar-refractivity contribution in [3.05, 3.63) is 36.2 Å². The molecule has 2 heterocycles. The van der Waals surface area contributed by atoms with Crippen LogP contribution in [0.25, 0.3) is 0 Å². The summed E-state index contributed by atoms with van der Waals surface area (Å²) in [5.41, 5.74) is -0.824. The van der Waals surface area contributed by atoms with Crippen molar-refractivity contribution in [3.8, 4) is 0 Å². The molecule has 9 heteroatoms. The fourth-order valence-corrected chi connectivity index (χ4v) is 2.76. The third-order valence-corrected chi connectivity index (χ3v) is 4.02. The van der Waals surface area contributed by atoms with Gasteiger partial charge < -0.3 is 4.90 Å². The van der Waals surface area contributed by atoms with Crippen molar-refractivity contribution in [1.82, 2.24) is 19.7 Å². The van der Waals surface area contributed by atoms with Gasteiger partial charge in [0, 0.05) is 25.5 Å². The lowest BCUT2D eigenvalue weighted by Gasteiger charge is -2.17. The highest BCUT2D eigenvalue weighted by Gasteiger charge is 2.34. The highest BCUT2D eigenvalue weighted by molar-refractivity contribution is 7.99. The number of hydrogen-bond donors (Lipinski definition) is 0. The largest absolute Gasteiger partial charge is 0.419 e. The minimum Gasteiger partial charge on any atom is -0.323 e. The molecule has 0 aliphatic heterocycles. The van der Waals surface area contributed by atoms with Crippen molar-refractivity contribution in [2.24, 2.45) is 0 Å². The van der Waals surface area contributed by atoms with E-state index < -0.39 is 11.7 Å². The van der Waals surface area contributed by atoms with Crippen molar-refractivity contribution in [2.75, 3.05) is 13.1 Å². The van der Waals surface area contributed by atoms with Gasteiger partial charge in [0.2, 0.25) is 0 Å². The molecule has 2 aromatic rings. The fourth-order valence-electron chi connectivity index (χ4n) is 1.89. The first-order valence-corrected chi connectivity index (χ1v) is 7.73. The van der Waals surface area contributed by atoms with Gasteiger partial charge in [0.15, 0.2) is 0 Å². The van der Waals surface area contributed by atoms with Gasteiger partial charge >= 0.3 is 12.2 Å². The second-order valence-corrected chi connectivity index (χ2v) is 5.52. The number of pyridine rings is 1. The minimum absolute atomic E-state index is 0.194. The summed E-state index contributed by atoms with van der Waals surface area (Å²) < 4.78 is 39.9. The maximum Gasteiger partial charge on any atom is 0.419 e. The minimum atomic E-state index is -4.49. The van der Waals surface area contributed by atoms with E-state index in [4.69, 9.17) is 0 Å². The van der Waals surface area contributed by atoms with E-state index in [1.54, 1.807) is 4.90 Å². The van der Waals surface area contributed by atoms with E-state index in [1.165, 1.54) is 24.5 Å². The van der Waals surface area contributed by atoms with E-state index in [9.17, 15) is 18.0 Å². The molecule has 0 aromatic carbocycles. The quantitative estimate of drug-likeness (QED) is 0.847. The van der Waals surface area contributed by atoms with Crippen molar-refractivity contribution < 1.29 is 18.0 Å². The summed E-state index contributed by atoms with van der Waals surface area (Å²) in [6, 6.07) is 3.36. The number of carbonyl (C=O) groups excluding carboxylic acids is 1. The van der Waals surface area contributed by atoms with Crippen molar-refractivity contribution in [3.63, 3.8) is 0 Å². The van der Waals surface area contributed by atoms with Crippen LogP contribution in [0.15, 0.2) is 40.6 Å². The Morgan fingerprint density at radius 2 is 2.00 bits per heavy atom. The Hall–Kier alpha value is -2.03.